The van der Waals surface area contributed by atoms with Gasteiger partial charge in [-0.1, -0.05) is 51.0 Å². The van der Waals surface area contributed by atoms with Gasteiger partial charge < -0.3 is 0 Å². The molecule has 1 aromatic carbocycles. The molecule has 92 valence electrons. The van der Waals surface area contributed by atoms with E-state index >= 15 is 0 Å². The van der Waals surface area contributed by atoms with Crippen LogP contribution in [0.3, 0.4) is 0 Å². The van der Waals surface area contributed by atoms with E-state index in [2.05, 4.69) is 38.1 Å². The fraction of sp³-hybridized carbons (Fsp3) is 0.562. The van der Waals surface area contributed by atoms with Gasteiger partial charge in [-0.2, -0.15) is 0 Å². The molecule has 2 rings (SSSR count). The van der Waals surface area contributed by atoms with Crippen LogP contribution in [0.15, 0.2) is 24.3 Å². The van der Waals surface area contributed by atoms with E-state index in [4.69, 9.17) is 0 Å². The number of hydrogen-bond donors (Lipinski definition) is 0. The Kier molecular flexibility index (Phi) is 3.98. The molecule has 1 unspecified atom stereocenters. The summed E-state index contributed by atoms with van der Waals surface area (Å²) in [5, 5.41) is 0. The fourth-order valence-corrected chi connectivity index (χ4v) is 2.63. The summed E-state index contributed by atoms with van der Waals surface area (Å²) < 4.78 is 0. The van der Waals surface area contributed by atoms with Crippen LogP contribution < -0.4 is 0 Å². The predicted molar refractivity (Wildman–Crippen MR) is 71.4 cm³/mol. The molecule has 0 bridgehead atoms. The highest BCUT2D eigenvalue weighted by Crippen LogP contribution is 2.29. The van der Waals surface area contributed by atoms with Crippen LogP contribution in [0.1, 0.15) is 68.9 Å². The Morgan fingerprint density at radius 3 is 2.41 bits per heavy atom. The highest BCUT2D eigenvalue weighted by Gasteiger charge is 2.22. The summed E-state index contributed by atoms with van der Waals surface area (Å²) in [4.78, 5) is 12.0. The van der Waals surface area contributed by atoms with E-state index in [9.17, 15) is 4.79 Å². The summed E-state index contributed by atoms with van der Waals surface area (Å²) in [7, 11) is 0. The molecule has 1 saturated carbocycles. The molecule has 1 atom stereocenters. The first kappa shape index (κ1) is 12.3. The van der Waals surface area contributed by atoms with E-state index < -0.39 is 0 Å². The molecule has 1 fully saturated rings. The van der Waals surface area contributed by atoms with Gasteiger partial charge in [0, 0.05) is 12.3 Å². The number of hydrogen-bond acceptors (Lipinski definition) is 1. The lowest BCUT2D eigenvalue weighted by atomic mass is 9.89. The number of ketones is 1. The second kappa shape index (κ2) is 5.48. The van der Waals surface area contributed by atoms with E-state index in [1.54, 1.807) is 0 Å². The van der Waals surface area contributed by atoms with Gasteiger partial charge in [0.25, 0.3) is 0 Å². The molecular formula is C16H22O. The standard InChI is InChI=1S/C16H22O/c1-12(2)13-8-10-14(11-9-13)15-6-4-3-5-7-16(15)17/h8-12,15H,3-7H2,1-2H3. The Balaban J connectivity index is 2.17. The van der Waals surface area contributed by atoms with Gasteiger partial charge in [0.05, 0.1) is 0 Å². The van der Waals surface area contributed by atoms with E-state index in [-0.39, 0.29) is 5.92 Å². The summed E-state index contributed by atoms with van der Waals surface area (Å²) in [6.45, 7) is 4.40. The molecule has 0 N–H and O–H groups in total. The SMILES string of the molecule is CC(C)c1ccc(C2CCCCCC2=O)cc1. The van der Waals surface area contributed by atoms with Crippen molar-refractivity contribution in [3.8, 4) is 0 Å². The van der Waals surface area contributed by atoms with E-state index in [0.717, 1.165) is 19.3 Å². The Labute approximate surface area is 104 Å². The second-order valence-corrected chi connectivity index (χ2v) is 5.44. The minimum absolute atomic E-state index is 0.165. The molecule has 1 nitrogen and oxygen atoms in total. The minimum atomic E-state index is 0.165. The number of benzene rings is 1. The normalized spacial score (nSPS) is 21.6. The highest BCUT2D eigenvalue weighted by molar-refractivity contribution is 5.85. The van der Waals surface area contributed by atoms with Crippen LogP contribution in [-0.2, 0) is 4.79 Å². The van der Waals surface area contributed by atoms with Crippen molar-refractivity contribution in [1.82, 2.24) is 0 Å². The van der Waals surface area contributed by atoms with Crippen molar-refractivity contribution < 1.29 is 4.79 Å². The molecule has 1 aromatic rings. The van der Waals surface area contributed by atoms with Crippen molar-refractivity contribution >= 4 is 5.78 Å². The number of carbonyl (C=O) groups is 1. The Hall–Kier alpha value is -1.11. The first-order valence-electron chi connectivity index (χ1n) is 6.81. The third-order valence-corrected chi connectivity index (χ3v) is 3.81. The number of Topliss-reactive ketones (excluding diaryl/α,β-unsaturated/α-hetero) is 1. The molecule has 0 radical (unpaired) electrons. The topological polar surface area (TPSA) is 17.1 Å². The van der Waals surface area contributed by atoms with Crippen molar-refractivity contribution in [2.75, 3.05) is 0 Å². The summed E-state index contributed by atoms with van der Waals surface area (Å²) in [5.74, 6) is 1.17. The van der Waals surface area contributed by atoms with Crippen molar-refractivity contribution in [1.29, 1.82) is 0 Å². The van der Waals surface area contributed by atoms with Crippen LogP contribution in [0, 0.1) is 0 Å². The zero-order valence-corrected chi connectivity index (χ0v) is 10.9. The molecule has 17 heavy (non-hydrogen) atoms. The third kappa shape index (κ3) is 2.96. The van der Waals surface area contributed by atoms with E-state index in [1.165, 1.54) is 24.0 Å². The lowest BCUT2D eigenvalue weighted by molar-refractivity contribution is -0.120. The maximum Gasteiger partial charge on any atom is 0.140 e. The van der Waals surface area contributed by atoms with Crippen LogP contribution in [0.5, 0.6) is 0 Å². The Morgan fingerprint density at radius 1 is 1.06 bits per heavy atom. The van der Waals surface area contributed by atoms with Gasteiger partial charge in [-0.3, -0.25) is 4.79 Å². The van der Waals surface area contributed by atoms with Crippen LogP contribution in [-0.4, -0.2) is 5.78 Å². The van der Waals surface area contributed by atoms with Gasteiger partial charge in [0.15, 0.2) is 0 Å². The molecule has 1 aliphatic rings. The van der Waals surface area contributed by atoms with Crippen molar-refractivity contribution in [2.24, 2.45) is 0 Å². The zero-order valence-electron chi connectivity index (χ0n) is 10.9. The molecule has 1 aliphatic carbocycles. The van der Waals surface area contributed by atoms with Crippen molar-refractivity contribution in [2.45, 2.75) is 57.8 Å². The van der Waals surface area contributed by atoms with Crippen LogP contribution >= 0.6 is 0 Å². The van der Waals surface area contributed by atoms with Gasteiger partial charge in [-0.25, -0.2) is 0 Å². The Bertz CT molecular complexity index is 375. The quantitative estimate of drug-likeness (QED) is 0.687. The summed E-state index contributed by atoms with van der Waals surface area (Å²) in [5.41, 5.74) is 2.58. The second-order valence-electron chi connectivity index (χ2n) is 5.44. The molecule has 0 heterocycles. The lowest BCUT2D eigenvalue weighted by Crippen LogP contribution is -2.10. The van der Waals surface area contributed by atoms with Crippen LogP contribution in [0.2, 0.25) is 0 Å². The minimum Gasteiger partial charge on any atom is -0.299 e. The smallest absolute Gasteiger partial charge is 0.140 e. The van der Waals surface area contributed by atoms with Crippen molar-refractivity contribution in [3.05, 3.63) is 35.4 Å². The van der Waals surface area contributed by atoms with Crippen LogP contribution in [0.25, 0.3) is 0 Å². The third-order valence-electron chi connectivity index (χ3n) is 3.81. The summed E-state index contributed by atoms with van der Waals surface area (Å²) >= 11 is 0. The molecule has 0 spiro atoms. The monoisotopic (exact) mass is 230 g/mol. The average Bonchev–Trinajstić information content (AvgIpc) is 2.54. The maximum absolute atomic E-state index is 12.0. The average molecular weight is 230 g/mol. The van der Waals surface area contributed by atoms with Gasteiger partial charge >= 0.3 is 0 Å². The van der Waals surface area contributed by atoms with Gasteiger partial charge in [0.1, 0.15) is 5.78 Å². The van der Waals surface area contributed by atoms with E-state index in [1.807, 2.05) is 0 Å². The molecule has 0 aliphatic heterocycles. The molecule has 0 amide bonds. The zero-order chi connectivity index (χ0) is 12.3. The summed E-state index contributed by atoms with van der Waals surface area (Å²) in [6.07, 6.45) is 5.31. The predicted octanol–water partition coefficient (Wildman–Crippen LogP) is 4.43. The largest absolute Gasteiger partial charge is 0.299 e. The molecule has 1 heteroatoms. The number of carbonyl (C=O) groups excluding carboxylic acids is 1. The van der Waals surface area contributed by atoms with E-state index in [0.29, 0.717) is 11.7 Å². The van der Waals surface area contributed by atoms with Gasteiger partial charge in [0.2, 0.25) is 0 Å². The first-order valence-corrected chi connectivity index (χ1v) is 6.81. The summed E-state index contributed by atoms with van der Waals surface area (Å²) in [6, 6.07) is 8.67. The molecule has 0 saturated heterocycles. The highest BCUT2D eigenvalue weighted by atomic mass is 16.1. The van der Waals surface area contributed by atoms with Gasteiger partial charge in [-0.05, 0) is 29.9 Å². The van der Waals surface area contributed by atoms with Crippen molar-refractivity contribution in [3.63, 3.8) is 0 Å². The van der Waals surface area contributed by atoms with Crippen LogP contribution in [0.4, 0.5) is 0 Å². The maximum atomic E-state index is 12.0. The number of rotatable bonds is 2. The Morgan fingerprint density at radius 2 is 1.76 bits per heavy atom. The molecular weight excluding hydrogens is 208 g/mol. The fourth-order valence-electron chi connectivity index (χ4n) is 2.63. The van der Waals surface area contributed by atoms with Gasteiger partial charge in [-0.15, -0.1) is 0 Å². The lowest BCUT2D eigenvalue weighted by Gasteiger charge is -2.14. The molecule has 0 aromatic heterocycles. The first-order chi connectivity index (χ1) is 8.18.